The SMILES string of the molecule is CCNC(C)c1ccc(N(C)Cc2ccccc2)c(F)c1. The van der Waals surface area contributed by atoms with Crippen molar-refractivity contribution in [3.8, 4) is 0 Å². The zero-order valence-corrected chi connectivity index (χ0v) is 12.9. The number of nitrogens with zero attached hydrogens (tertiary/aromatic N) is 1. The molecule has 0 saturated heterocycles. The first-order valence-electron chi connectivity index (χ1n) is 7.39. The van der Waals surface area contributed by atoms with Gasteiger partial charge in [0.1, 0.15) is 5.82 Å². The monoisotopic (exact) mass is 286 g/mol. The first-order valence-corrected chi connectivity index (χ1v) is 7.39. The Bertz CT molecular complexity index is 569. The van der Waals surface area contributed by atoms with E-state index in [2.05, 4.69) is 24.4 Å². The first-order chi connectivity index (χ1) is 10.1. The maximum atomic E-state index is 14.3. The summed E-state index contributed by atoms with van der Waals surface area (Å²) in [5, 5.41) is 3.30. The van der Waals surface area contributed by atoms with Crippen LogP contribution in [0.1, 0.15) is 31.0 Å². The van der Waals surface area contributed by atoms with Crippen LogP contribution in [0.25, 0.3) is 0 Å². The van der Waals surface area contributed by atoms with E-state index in [9.17, 15) is 4.39 Å². The molecule has 1 atom stereocenters. The molecule has 112 valence electrons. The zero-order chi connectivity index (χ0) is 15.2. The minimum atomic E-state index is -0.171. The van der Waals surface area contributed by atoms with E-state index in [1.54, 1.807) is 6.07 Å². The molecule has 2 nitrogen and oxygen atoms in total. The molecule has 2 aromatic carbocycles. The van der Waals surface area contributed by atoms with Crippen LogP contribution in [0, 0.1) is 5.82 Å². The van der Waals surface area contributed by atoms with Gasteiger partial charge in [0.15, 0.2) is 0 Å². The second-order valence-corrected chi connectivity index (χ2v) is 5.33. The summed E-state index contributed by atoms with van der Waals surface area (Å²) in [6.07, 6.45) is 0. The Hall–Kier alpha value is -1.87. The highest BCUT2D eigenvalue weighted by molar-refractivity contribution is 5.49. The summed E-state index contributed by atoms with van der Waals surface area (Å²) in [6.45, 7) is 5.67. The summed E-state index contributed by atoms with van der Waals surface area (Å²) >= 11 is 0. The quantitative estimate of drug-likeness (QED) is 0.859. The van der Waals surface area contributed by atoms with Gasteiger partial charge in [-0.2, -0.15) is 0 Å². The molecule has 0 fully saturated rings. The third-order valence-electron chi connectivity index (χ3n) is 3.66. The molecule has 0 amide bonds. The van der Waals surface area contributed by atoms with Crippen molar-refractivity contribution >= 4 is 5.69 Å². The van der Waals surface area contributed by atoms with Gasteiger partial charge in [-0.1, -0.05) is 43.3 Å². The van der Waals surface area contributed by atoms with E-state index in [0.717, 1.165) is 12.1 Å². The summed E-state index contributed by atoms with van der Waals surface area (Å²) in [6, 6.07) is 15.7. The van der Waals surface area contributed by atoms with Crippen molar-refractivity contribution in [1.29, 1.82) is 0 Å². The molecule has 2 aromatic rings. The lowest BCUT2D eigenvalue weighted by Crippen LogP contribution is -2.20. The Morgan fingerprint density at radius 1 is 1.14 bits per heavy atom. The van der Waals surface area contributed by atoms with Crippen molar-refractivity contribution in [3.63, 3.8) is 0 Å². The van der Waals surface area contributed by atoms with Crippen LogP contribution >= 0.6 is 0 Å². The van der Waals surface area contributed by atoms with Crippen molar-refractivity contribution in [2.45, 2.75) is 26.4 Å². The van der Waals surface area contributed by atoms with Crippen molar-refractivity contribution in [2.75, 3.05) is 18.5 Å². The highest BCUT2D eigenvalue weighted by Gasteiger charge is 2.11. The standard InChI is InChI=1S/C18H23FN2/c1-4-20-14(2)16-10-11-18(17(19)12-16)21(3)13-15-8-6-5-7-9-15/h5-12,14,20H,4,13H2,1-3H3. The van der Waals surface area contributed by atoms with Gasteiger partial charge in [0.05, 0.1) is 5.69 Å². The van der Waals surface area contributed by atoms with Crippen molar-refractivity contribution in [3.05, 3.63) is 65.5 Å². The van der Waals surface area contributed by atoms with Gasteiger partial charge in [-0.25, -0.2) is 4.39 Å². The van der Waals surface area contributed by atoms with E-state index in [1.807, 2.05) is 49.2 Å². The summed E-state index contributed by atoms with van der Waals surface area (Å²) in [7, 11) is 1.92. The fourth-order valence-electron chi connectivity index (χ4n) is 2.47. The number of hydrogen-bond donors (Lipinski definition) is 1. The van der Waals surface area contributed by atoms with Crippen LogP contribution in [0.15, 0.2) is 48.5 Å². The molecule has 0 spiro atoms. The summed E-state index contributed by atoms with van der Waals surface area (Å²) < 4.78 is 14.3. The Morgan fingerprint density at radius 2 is 1.86 bits per heavy atom. The van der Waals surface area contributed by atoms with Crippen molar-refractivity contribution in [1.82, 2.24) is 5.32 Å². The molecule has 0 aliphatic carbocycles. The predicted octanol–water partition coefficient (Wildman–Crippen LogP) is 4.13. The van der Waals surface area contributed by atoms with E-state index in [0.29, 0.717) is 12.2 Å². The molecular formula is C18H23FN2. The van der Waals surface area contributed by atoms with Crippen LogP contribution in [-0.4, -0.2) is 13.6 Å². The normalized spacial score (nSPS) is 12.2. The maximum Gasteiger partial charge on any atom is 0.146 e. The Balaban J connectivity index is 2.13. The molecule has 3 heteroatoms. The first kappa shape index (κ1) is 15.5. The Kier molecular flexibility index (Phi) is 5.34. The van der Waals surface area contributed by atoms with Gasteiger partial charge in [0.2, 0.25) is 0 Å². The molecular weight excluding hydrogens is 263 g/mol. The Labute approximate surface area is 126 Å². The molecule has 2 rings (SSSR count). The van der Waals surface area contributed by atoms with Crippen LogP contribution in [0.5, 0.6) is 0 Å². The molecule has 0 heterocycles. The zero-order valence-electron chi connectivity index (χ0n) is 12.9. The van der Waals surface area contributed by atoms with Gasteiger partial charge in [-0.05, 0) is 36.7 Å². The number of halogens is 1. The third-order valence-corrected chi connectivity index (χ3v) is 3.66. The van der Waals surface area contributed by atoms with Gasteiger partial charge in [-0.15, -0.1) is 0 Å². The van der Waals surface area contributed by atoms with E-state index in [1.165, 1.54) is 5.56 Å². The molecule has 1 N–H and O–H groups in total. The van der Waals surface area contributed by atoms with Gasteiger partial charge in [-0.3, -0.25) is 0 Å². The average molecular weight is 286 g/mol. The molecule has 0 aliphatic heterocycles. The predicted molar refractivity (Wildman–Crippen MR) is 87.0 cm³/mol. The minimum absolute atomic E-state index is 0.165. The molecule has 0 saturated carbocycles. The fraction of sp³-hybridized carbons (Fsp3) is 0.333. The molecule has 21 heavy (non-hydrogen) atoms. The van der Waals surface area contributed by atoms with Crippen LogP contribution in [0.4, 0.5) is 10.1 Å². The highest BCUT2D eigenvalue weighted by Crippen LogP contribution is 2.24. The largest absolute Gasteiger partial charge is 0.368 e. The Morgan fingerprint density at radius 3 is 2.48 bits per heavy atom. The smallest absolute Gasteiger partial charge is 0.146 e. The summed E-state index contributed by atoms with van der Waals surface area (Å²) in [5.41, 5.74) is 2.78. The van der Waals surface area contributed by atoms with Crippen LogP contribution in [0.3, 0.4) is 0 Å². The lowest BCUT2D eigenvalue weighted by molar-refractivity contribution is 0.581. The average Bonchev–Trinajstić information content (AvgIpc) is 2.48. The minimum Gasteiger partial charge on any atom is -0.368 e. The summed E-state index contributed by atoms with van der Waals surface area (Å²) in [4.78, 5) is 1.94. The van der Waals surface area contributed by atoms with E-state index in [4.69, 9.17) is 0 Å². The number of nitrogens with one attached hydrogen (secondary N) is 1. The number of benzene rings is 2. The fourth-order valence-corrected chi connectivity index (χ4v) is 2.47. The highest BCUT2D eigenvalue weighted by atomic mass is 19.1. The molecule has 0 aliphatic rings. The van der Waals surface area contributed by atoms with Crippen molar-refractivity contribution in [2.24, 2.45) is 0 Å². The van der Waals surface area contributed by atoms with Gasteiger partial charge in [0.25, 0.3) is 0 Å². The van der Waals surface area contributed by atoms with Gasteiger partial charge in [0, 0.05) is 19.6 Å². The molecule has 1 unspecified atom stereocenters. The number of anilines is 1. The van der Waals surface area contributed by atoms with Crippen LogP contribution in [0.2, 0.25) is 0 Å². The van der Waals surface area contributed by atoms with Gasteiger partial charge >= 0.3 is 0 Å². The van der Waals surface area contributed by atoms with Crippen molar-refractivity contribution < 1.29 is 4.39 Å². The molecule has 0 bridgehead atoms. The van der Waals surface area contributed by atoms with E-state index < -0.39 is 0 Å². The second kappa shape index (κ2) is 7.23. The number of rotatable bonds is 6. The topological polar surface area (TPSA) is 15.3 Å². The lowest BCUT2D eigenvalue weighted by atomic mass is 10.1. The maximum absolute atomic E-state index is 14.3. The van der Waals surface area contributed by atoms with E-state index in [-0.39, 0.29) is 11.9 Å². The second-order valence-electron chi connectivity index (χ2n) is 5.33. The van der Waals surface area contributed by atoms with Crippen LogP contribution in [-0.2, 0) is 6.54 Å². The summed E-state index contributed by atoms with van der Waals surface area (Å²) in [5.74, 6) is -0.171. The van der Waals surface area contributed by atoms with Gasteiger partial charge < -0.3 is 10.2 Å². The lowest BCUT2D eigenvalue weighted by Gasteiger charge is -2.21. The van der Waals surface area contributed by atoms with E-state index >= 15 is 0 Å². The van der Waals surface area contributed by atoms with Crippen LogP contribution < -0.4 is 10.2 Å². The third kappa shape index (κ3) is 4.05. The number of hydrogen-bond acceptors (Lipinski definition) is 2. The molecule has 0 radical (unpaired) electrons. The molecule has 0 aromatic heterocycles.